The van der Waals surface area contributed by atoms with E-state index in [0.29, 0.717) is 11.2 Å². The number of carbonyl (C=O) groups excluding carboxylic acids is 1. The van der Waals surface area contributed by atoms with Gasteiger partial charge in [-0.1, -0.05) is 18.2 Å². The lowest BCUT2D eigenvalue weighted by molar-refractivity contribution is -0.121. The minimum atomic E-state index is -1.11. The van der Waals surface area contributed by atoms with Crippen LogP contribution in [0.4, 0.5) is 5.69 Å². The zero-order chi connectivity index (χ0) is 14.7. The lowest BCUT2D eigenvalue weighted by atomic mass is 10.1. The lowest BCUT2D eigenvalue weighted by Crippen LogP contribution is -2.35. The summed E-state index contributed by atoms with van der Waals surface area (Å²) in [5.74, 6) is -1.28. The molecule has 0 saturated carbocycles. The molecule has 0 fully saturated rings. The molecule has 3 N–H and O–H groups in total. The first-order valence-corrected chi connectivity index (χ1v) is 6.14. The first-order valence-electron chi connectivity index (χ1n) is 6.14. The number of amides is 1. The number of carbonyl (C=O) groups is 2. The van der Waals surface area contributed by atoms with Gasteiger partial charge in [-0.05, 0) is 19.1 Å². The third kappa shape index (κ3) is 2.69. The van der Waals surface area contributed by atoms with Gasteiger partial charge in [-0.2, -0.15) is 0 Å². The number of aromatic carboxylic acids is 1. The monoisotopic (exact) mass is 273 g/mol. The van der Waals surface area contributed by atoms with Crippen molar-refractivity contribution in [3.63, 3.8) is 0 Å². The van der Waals surface area contributed by atoms with Crippen LogP contribution in [0.5, 0.6) is 0 Å². The number of carboxylic acids is 1. The van der Waals surface area contributed by atoms with Gasteiger partial charge in [-0.15, -0.1) is 0 Å². The molecule has 1 aromatic heterocycles. The van der Waals surface area contributed by atoms with E-state index in [9.17, 15) is 9.59 Å². The van der Waals surface area contributed by atoms with Crippen molar-refractivity contribution >= 4 is 28.5 Å². The number of likely N-dealkylation sites (N-methyl/N-ethyl adjacent to an activating group) is 1. The van der Waals surface area contributed by atoms with E-state index in [1.165, 1.54) is 6.07 Å². The van der Waals surface area contributed by atoms with Gasteiger partial charge < -0.3 is 15.7 Å². The molecule has 0 bridgehead atoms. The second-order valence-corrected chi connectivity index (χ2v) is 4.36. The minimum Gasteiger partial charge on any atom is -0.477 e. The molecule has 0 aliphatic heterocycles. The number of aromatic nitrogens is 1. The van der Waals surface area contributed by atoms with Crippen LogP contribution in [0.15, 0.2) is 30.3 Å². The Kier molecular flexibility index (Phi) is 3.84. The molecule has 0 aliphatic carbocycles. The van der Waals surface area contributed by atoms with Crippen LogP contribution in [-0.4, -0.2) is 35.1 Å². The van der Waals surface area contributed by atoms with Crippen molar-refractivity contribution in [1.82, 2.24) is 10.3 Å². The summed E-state index contributed by atoms with van der Waals surface area (Å²) < 4.78 is 0. The maximum Gasteiger partial charge on any atom is 0.354 e. The first kappa shape index (κ1) is 13.8. The van der Waals surface area contributed by atoms with Gasteiger partial charge in [-0.3, -0.25) is 4.79 Å². The largest absolute Gasteiger partial charge is 0.477 e. The van der Waals surface area contributed by atoms with Crippen LogP contribution in [0.3, 0.4) is 0 Å². The molecule has 1 aromatic carbocycles. The molecule has 1 unspecified atom stereocenters. The number of para-hydroxylation sites is 1. The van der Waals surface area contributed by atoms with Gasteiger partial charge in [0.05, 0.1) is 5.52 Å². The highest BCUT2D eigenvalue weighted by Crippen LogP contribution is 2.23. The molecule has 0 spiro atoms. The Balaban J connectivity index is 2.49. The number of nitrogens with zero attached hydrogens (tertiary/aromatic N) is 1. The molecule has 20 heavy (non-hydrogen) atoms. The molecular weight excluding hydrogens is 258 g/mol. The Morgan fingerprint density at radius 2 is 2.00 bits per heavy atom. The number of fused-ring (bicyclic) bond motifs is 1. The van der Waals surface area contributed by atoms with Gasteiger partial charge in [0.1, 0.15) is 6.04 Å². The molecule has 2 aromatic rings. The summed E-state index contributed by atoms with van der Waals surface area (Å²) in [6, 6.07) is 8.13. The first-order chi connectivity index (χ1) is 9.52. The van der Waals surface area contributed by atoms with Gasteiger partial charge in [0.25, 0.3) is 0 Å². The Morgan fingerprint density at radius 3 is 2.65 bits per heavy atom. The average molecular weight is 273 g/mol. The average Bonchev–Trinajstić information content (AvgIpc) is 2.46. The quantitative estimate of drug-likeness (QED) is 0.784. The summed E-state index contributed by atoms with van der Waals surface area (Å²) in [5.41, 5.74) is 1.08. The number of anilines is 1. The van der Waals surface area contributed by atoms with Gasteiger partial charge in [0, 0.05) is 18.1 Å². The van der Waals surface area contributed by atoms with Crippen molar-refractivity contribution in [2.24, 2.45) is 0 Å². The normalized spacial score (nSPS) is 11.9. The molecular formula is C14H15N3O3. The van der Waals surface area contributed by atoms with Crippen molar-refractivity contribution in [2.45, 2.75) is 13.0 Å². The number of hydrogen-bond acceptors (Lipinski definition) is 4. The minimum absolute atomic E-state index is 0.0599. The van der Waals surface area contributed by atoms with Crippen LogP contribution in [0.2, 0.25) is 0 Å². The number of hydrogen-bond donors (Lipinski definition) is 3. The topological polar surface area (TPSA) is 91.3 Å². The standard InChI is InChI=1S/C14H15N3O3/c1-8(13(18)15-2)16-11-7-12(14(19)20)17-10-6-4-3-5-9(10)11/h3-8H,1-2H3,(H,15,18)(H,16,17)(H,19,20). The number of pyridine rings is 1. The number of rotatable bonds is 4. The summed E-state index contributed by atoms with van der Waals surface area (Å²) in [6.07, 6.45) is 0. The van der Waals surface area contributed by atoms with Gasteiger partial charge >= 0.3 is 5.97 Å². The van der Waals surface area contributed by atoms with Crippen molar-refractivity contribution in [3.8, 4) is 0 Å². The second kappa shape index (κ2) is 5.56. The van der Waals surface area contributed by atoms with E-state index in [4.69, 9.17) is 5.11 Å². The fourth-order valence-corrected chi connectivity index (χ4v) is 1.92. The Labute approximate surface area is 115 Å². The van der Waals surface area contributed by atoms with E-state index in [2.05, 4.69) is 15.6 Å². The highest BCUT2D eigenvalue weighted by molar-refractivity contribution is 5.98. The molecule has 2 rings (SSSR count). The zero-order valence-corrected chi connectivity index (χ0v) is 11.2. The lowest BCUT2D eigenvalue weighted by Gasteiger charge is -2.16. The van der Waals surface area contributed by atoms with E-state index in [0.717, 1.165) is 5.39 Å². The Bertz CT molecular complexity index is 670. The van der Waals surface area contributed by atoms with E-state index < -0.39 is 12.0 Å². The molecule has 1 heterocycles. The molecule has 6 nitrogen and oxygen atoms in total. The van der Waals surface area contributed by atoms with Crippen LogP contribution in [0.1, 0.15) is 17.4 Å². The van der Waals surface area contributed by atoms with Crippen LogP contribution in [0.25, 0.3) is 10.9 Å². The van der Waals surface area contributed by atoms with Gasteiger partial charge in [0.2, 0.25) is 5.91 Å². The maximum absolute atomic E-state index is 11.6. The molecule has 1 amide bonds. The summed E-state index contributed by atoms with van der Waals surface area (Å²) in [7, 11) is 1.55. The van der Waals surface area contributed by atoms with Crippen molar-refractivity contribution in [3.05, 3.63) is 36.0 Å². The van der Waals surface area contributed by atoms with Crippen LogP contribution in [-0.2, 0) is 4.79 Å². The van der Waals surface area contributed by atoms with Gasteiger partial charge in [-0.25, -0.2) is 9.78 Å². The highest BCUT2D eigenvalue weighted by atomic mass is 16.4. The van der Waals surface area contributed by atoms with E-state index >= 15 is 0 Å². The third-order valence-electron chi connectivity index (χ3n) is 2.95. The number of benzene rings is 1. The third-order valence-corrected chi connectivity index (χ3v) is 2.95. The van der Waals surface area contributed by atoms with Crippen LogP contribution in [0, 0.1) is 0 Å². The molecule has 1 atom stereocenters. The molecule has 0 saturated heterocycles. The molecule has 104 valence electrons. The molecule has 0 aliphatic rings. The Morgan fingerprint density at radius 1 is 1.30 bits per heavy atom. The number of nitrogens with one attached hydrogen (secondary N) is 2. The fraction of sp³-hybridized carbons (Fsp3) is 0.214. The van der Waals surface area contributed by atoms with Crippen LogP contribution >= 0.6 is 0 Å². The highest BCUT2D eigenvalue weighted by Gasteiger charge is 2.15. The summed E-state index contributed by atoms with van der Waals surface area (Å²) in [5, 5.41) is 15.4. The molecule has 0 radical (unpaired) electrons. The van der Waals surface area contributed by atoms with Crippen molar-refractivity contribution < 1.29 is 14.7 Å². The SMILES string of the molecule is CNC(=O)C(C)Nc1cc(C(=O)O)nc2ccccc12. The van der Waals surface area contributed by atoms with Gasteiger partial charge in [0.15, 0.2) is 5.69 Å². The Hall–Kier alpha value is -2.63. The summed E-state index contributed by atoms with van der Waals surface area (Å²) in [4.78, 5) is 26.7. The zero-order valence-electron chi connectivity index (χ0n) is 11.2. The van der Waals surface area contributed by atoms with Crippen LogP contribution < -0.4 is 10.6 Å². The molecule has 6 heteroatoms. The smallest absolute Gasteiger partial charge is 0.354 e. The van der Waals surface area contributed by atoms with E-state index in [-0.39, 0.29) is 11.6 Å². The summed E-state index contributed by atoms with van der Waals surface area (Å²) >= 11 is 0. The van der Waals surface area contributed by atoms with Crippen molar-refractivity contribution in [2.75, 3.05) is 12.4 Å². The predicted octanol–water partition coefficient (Wildman–Crippen LogP) is 1.48. The summed E-state index contributed by atoms with van der Waals surface area (Å²) in [6.45, 7) is 1.70. The fourth-order valence-electron chi connectivity index (χ4n) is 1.92. The van der Waals surface area contributed by atoms with E-state index in [1.807, 2.05) is 12.1 Å². The second-order valence-electron chi connectivity index (χ2n) is 4.36. The predicted molar refractivity (Wildman–Crippen MR) is 75.9 cm³/mol. The number of carboxylic acid groups (broad SMARTS) is 1. The van der Waals surface area contributed by atoms with Crippen molar-refractivity contribution in [1.29, 1.82) is 0 Å². The van der Waals surface area contributed by atoms with E-state index in [1.54, 1.807) is 26.1 Å². The maximum atomic E-state index is 11.6.